The number of hydrogen-bond donors (Lipinski definition) is 2. The summed E-state index contributed by atoms with van der Waals surface area (Å²) >= 11 is 0. The van der Waals surface area contributed by atoms with E-state index in [1.807, 2.05) is 12.1 Å². The molecule has 68 valence electrons. The molecule has 0 bridgehead atoms. The van der Waals surface area contributed by atoms with E-state index in [0.29, 0.717) is 5.75 Å². The standard InChI is InChI=1S/C10H14O.H3N/c1-10(2,3)8-4-6-9(11)7-5-8;/h4-7,11H,1-3H3;1H3. The molecule has 1 aromatic carbocycles. The molecule has 1 aromatic rings. The molecule has 4 N–H and O–H groups in total. The number of hydrogen-bond acceptors (Lipinski definition) is 2. The molecule has 0 fully saturated rings. The molecule has 0 aliphatic rings. The Balaban J connectivity index is 0.00000121. The maximum Gasteiger partial charge on any atom is 0.115 e. The average molecular weight is 167 g/mol. The van der Waals surface area contributed by atoms with Crippen LogP contribution in [0.4, 0.5) is 0 Å². The second-order valence-electron chi connectivity index (χ2n) is 3.80. The lowest BCUT2D eigenvalue weighted by molar-refractivity contribution is 0.474. The zero-order chi connectivity index (χ0) is 8.48. The molecule has 0 saturated heterocycles. The van der Waals surface area contributed by atoms with Gasteiger partial charge < -0.3 is 11.3 Å². The van der Waals surface area contributed by atoms with Gasteiger partial charge in [-0.05, 0) is 23.1 Å². The predicted octanol–water partition coefficient (Wildman–Crippen LogP) is 2.85. The third kappa shape index (κ3) is 2.55. The smallest absolute Gasteiger partial charge is 0.115 e. The van der Waals surface area contributed by atoms with Gasteiger partial charge in [-0.25, -0.2) is 0 Å². The van der Waals surface area contributed by atoms with Crippen LogP contribution in [0.1, 0.15) is 26.3 Å². The second-order valence-corrected chi connectivity index (χ2v) is 3.80. The monoisotopic (exact) mass is 167 g/mol. The predicted molar refractivity (Wildman–Crippen MR) is 51.8 cm³/mol. The molecule has 12 heavy (non-hydrogen) atoms. The number of aromatic hydroxyl groups is 1. The lowest BCUT2D eigenvalue weighted by atomic mass is 9.87. The van der Waals surface area contributed by atoms with Crippen LogP contribution in [0.25, 0.3) is 0 Å². The van der Waals surface area contributed by atoms with Crippen molar-refractivity contribution in [2.75, 3.05) is 0 Å². The summed E-state index contributed by atoms with van der Waals surface area (Å²) in [5.74, 6) is 0.331. The number of rotatable bonds is 0. The topological polar surface area (TPSA) is 55.2 Å². The van der Waals surface area contributed by atoms with Gasteiger partial charge in [-0.1, -0.05) is 32.9 Å². The highest BCUT2D eigenvalue weighted by Gasteiger charge is 2.12. The summed E-state index contributed by atoms with van der Waals surface area (Å²) in [6.07, 6.45) is 0. The molecule has 0 aliphatic carbocycles. The lowest BCUT2D eigenvalue weighted by Gasteiger charge is -2.18. The van der Waals surface area contributed by atoms with Gasteiger partial charge in [-0.15, -0.1) is 0 Å². The molecule has 0 saturated carbocycles. The third-order valence-corrected chi connectivity index (χ3v) is 1.73. The van der Waals surface area contributed by atoms with Gasteiger partial charge in [0.2, 0.25) is 0 Å². The first-order valence-electron chi connectivity index (χ1n) is 3.79. The molecule has 0 aromatic heterocycles. The summed E-state index contributed by atoms with van der Waals surface area (Å²) in [5, 5.41) is 9.02. The molecular formula is C10H17NO. The fraction of sp³-hybridized carbons (Fsp3) is 0.400. The van der Waals surface area contributed by atoms with Crippen LogP contribution < -0.4 is 6.15 Å². The van der Waals surface area contributed by atoms with Crippen molar-refractivity contribution in [2.24, 2.45) is 0 Å². The Morgan fingerprint density at radius 2 is 1.42 bits per heavy atom. The average Bonchev–Trinajstić information content (AvgIpc) is 1.86. The fourth-order valence-corrected chi connectivity index (χ4v) is 0.961. The van der Waals surface area contributed by atoms with Crippen molar-refractivity contribution >= 4 is 0 Å². The second kappa shape index (κ2) is 3.59. The van der Waals surface area contributed by atoms with Crippen molar-refractivity contribution in [1.29, 1.82) is 0 Å². The van der Waals surface area contributed by atoms with Crippen molar-refractivity contribution in [3.05, 3.63) is 29.8 Å². The Kier molecular flexibility index (Phi) is 3.28. The molecule has 0 amide bonds. The zero-order valence-electron chi connectivity index (χ0n) is 7.96. The minimum Gasteiger partial charge on any atom is -0.508 e. The molecule has 0 atom stereocenters. The van der Waals surface area contributed by atoms with E-state index in [4.69, 9.17) is 5.11 Å². The first kappa shape index (κ1) is 11.0. The van der Waals surface area contributed by atoms with Crippen LogP contribution in [0.5, 0.6) is 5.75 Å². The van der Waals surface area contributed by atoms with E-state index < -0.39 is 0 Å². The van der Waals surface area contributed by atoms with E-state index in [0.717, 1.165) is 0 Å². The van der Waals surface area contributed by atoms with Crippen LogP contribution >= 0.6 is 0 Å². The Morgan fingerprint density at radius 3 is 1.75 bits per heavy atom. The lowest BCUT2D eigenvalue weighted by Crippen LogP contribution is -2.10. The quantitative estimate of drug-likeness (QED) is 0.624. The summed E-state index contributed by atoms with van der Waals surface area (Å²) in [4.78, 5) is 0. The van der Waals surface area contributed by atoms with E-state index in [1.165, 1.54) is 5.56 Å². The SMILES string of the molecule is CC(C)(C)c1ccc(O)cc1.N. The summed E-state index contributed by atoms with van der Waals surface area (Å²) in [7, 11) is 0. The summed E-state index contributed by atoms with van der Waals surface area (Å²) < 4.78 is 0. The molecule has 1 rings (SSSR count). The van der Waals surface area contributed by atoms with Crippen molar-refractivity contribution in [3.63, 3.8) is 0 Å². The van der Waals surface area contributed by atoms with Crippen molar-refractivity contribution < 1.29 is 5.11 Å². The Bertz CT molecular complexity index is 233. The highest BCUT2D eigenvalue weighted by atomic mass is 16.3. The van der Waals surface area contributed by atoms with Gasteiger partial charge in [0.1, 0.15) is 5.75 Å². The van der Waals surface area contributed by atoms with Gasteiger partial charge in [-0.2, -0.15) is 0 Å². The molecular weight excluding hydrogens is 150 g/mol. The van der Waals surface area contributed by atoms with E-state index in [-0.39, 0.29) is 11.6 Å². The number of phenolic OH excluding ortho intramolecular Hbond substituents is 1. The van der Waals surface area contributed by atoms with E-state index in [1.54, 1.807) is 12.1 Å². The van der Waals surface area contributed by atoms with Crippen LogP contribution in [-0.2, 0) is 5.41 Å². The molecule has 0 aliphatic heterocycles. The molecule has 0 unspecified atom stereocenters. The number of phenols is 1. The van der Waals surface area contributed by atoms with E-state index >= 15 is 0 Å². The molecule has 0 heterocycles. The number of benzene rings is 1. The maximum atomic E-state index is 9.02. The van der Waals surface area contributed by atoms with Crippen molar-refractivity contribution in [3.8, 4) is 5.75 Å². The molecule has 0 radical (unpaired) electrons. The van der Waals surface area contributed by atoms with Gasteiger partial charge >= 0.3 is 0 Å². The van der Waals surface area contributed by atoms with Crippen molar-refractivity contribution in [2.45, 2.75) is 26.2 Å². The Hall–Kier alpha value is -1.02. The maximum absolute atomic E-state index is 9.02. The fourth-order valence-electron chi connectivity index (χ4n) is 0.961. The minimum atomic E-state index is 0. The first-order chi connectivity index (χ1) is 5.00. The molecule has 2 nitrogen and oxygen atoms in total. The highest BCUT2D eigenvalue weighted by Crippen LogP contribution is 2.23. The Morgan fingerprint density at radius 1 is 1.00 bits per heavy atom. The largest absolute Gasteiger partial charge is 0.508 e. The summed E-state index contributed by atoms with van der Waals surface area (Å²) in [5.41, 5.74) is 1.42. The zero-order valence-corrected chi connectivity index (χ0v) is 7.96. The minimum absolute atomic E-state index is 0. The van der Waals surface area contributed by atoms with Crippen LogP contribution in [0.2, 0.25) is 0 Å². The highest BCUT2D eigenvalue weighted by molar-refractivity contribution is 5.29. The summed E-state index contributed by atoms with van der Waals surface area (Å²) in [6.45, 7) is 6.46. The van der Waals surface area contributed by atoms with Crippen LogP contribution in [0, 0.1) is 0 Å². The van der Waals surface area contributed by atoms with Gasteiger partial charge in [-0.3, -0.25) is 0 Å². The third-order valence-electron chi connectivity index (χ3n) is 1.73. The van der Waals surface area contributed by atoms with Crippen molar-refractivity contribution in [1.82, 2.24) is 6.15 Å². The van der Waals surface area contributed by atoms with Gasteiger partial charge in [0.15, 0.2) is 0 Å². The first-order valence-corrected chi connectivity index (χ1v) is 3.79. The van der Waals surface area contributed by atoms with Gasteiger partial charge in [0, 0.05) is 0 Å². The van der Waals surface area contributed by atoms with Crippen LogP contribution in [-0.4, -0.2) is 5.11 Å². The van der Waals surface area contributed by atoms with Gasteiger partial charge in [0.25, 0.3) is 0 Å². The van der Waals surface area contributed by atoms with Crippen LogP contribution in [0.15, 0.2) is 24.3 Å². The Labute approximate surface area is 73.8 Å². The van der Waals surface area contributed by atoms with Gasteiger partial charge in [0.05, 0.1) is 0 Å². The van der Waals surface area contributed by atoms with Crippen LogP contribution in [0.3, 0.4) is 0 Å². The normalized spacial score (nSPS) is 10.6. The molecule has 0 spiro atoms. The van der Waals surface area contributed by atoms with E-state index in [9.17, 15) is 0 Å². The molecule has 2 heteroatoms. The van der Waals surface area contributed by atoms with E-state index in [2.05, 4.69) is 20.8 Å². The summed E-state index contributed by atoms with van der Waals surface area (Å²) in [6, 6.07) is 7.35.